The standard InChI is InChI=1S/C23H29F4N5O2/c1-22(2,3)18(21(34)28-4)30-20(33)17-16-12-31(5)9-6-10-32(16)19(29-17)14-11-13(23(25,26)27)7-8-15(14)24/h7-8,11,18H,6,9-10,12H2,1-5H3,(H,28,34)(H,30,33)/t18-/m1/s1. The fraction of sp³-hybridized carbons (Fsp3) is 0.522. The van der Waals surface area contributed by atoms with E-state index in [1.165, 1.54) is 7.05 Å². The van der Waals surface area contributed by atoms with Gasteiger partial charge in [-0.05, 0) is 43.6 Å². The summed E-state index contributed by atoms with van der Waals surface area (Å²) in [5, 5.41) is 5.23. The first-order chi connectivity index (χ1) is 15.7. The van der Waals surface area contributed by atoms with E-state index in [0.717, 1.165) is 6.07 Å². The van der Waals surface area contributed by atoms with Gasteiger partial charge in [0, 0.05) is 20.1 Å². The number of benzene rings is 1. The van der Waals surface area contributed by atoms with Crippen LogP contribution >= 0.6 is 0 Å². The first kappa shape index (κ1) is 25.7. The SMILES string of the molecule is CNC(=O)[C@@H](NC(=O)c1nc(-c2cc(C(F)(F)F)ccc2F)n2c1CN(C)CCC2)C(C)(C)C. The summed E-state index contributed by atoms with van der Waals surface area (Å²) in [5.41, 5.74) is -1.56. The monoisotopic (exact) mass is 483 g/mol. The number of likely N-dealkylation sites (N-methyl/N-ethyl adjacent to an activating group) is 1. The third-order valence-corrected chi connectivity index (χ3v) is 5.81. The highest BCUT2D eigenvalue weighted by Crippen LogP contribution is 2.35. The molecule has 0 aliphatic carbocycles. The van der Waals surface area contributed by atoms with Crippen LogP contribution in [0.2, 0.25) is 0 Å². The molecule has 1 aliphatic heterocycles. The summed E-state index contributed by atoms with van der Waals surface area (Å²) in [6, 6.07) is 1.25. The lowest BCUT2D eigenvalue weighted by atomic mass is 9.86. The van der Waals surface area contributed by atoms with Gasteiger partial charge in [-0.15, -0.1) is 0 Å². The largest absolute Gasteiger partial charge is 0.416 e. The predicted octanol–water partition coefficient (Wildman–Crippen LogP) is 3.43. The number of nitrogens with one attached hydrogen (secondary N) is 2. The van der Waals surface area contributed by atoms with E-state index in [4.69, 9.17) is 0 Å². The number of hydrogen-bond acceptors (Lipinski definition) is 4. The molecule has 2 amide bonds. The van der Waals surface area contributed by atoms with Crippen LogP contribution in [0.25, 0.3) is 11.4 Å². The number of alkyl halides is 3. The summed E-state index contributed by atoms with van der Waals surface area (Å²) in [5.74, 6) is -1.97. The van der Waals surface area contributed by atoms with E-state index in [2.05, 4.69) is 15.6 Å². The Morgan fingerprint density at radius 2 is 1.82 bits per heavy atom. The van der Waals surface area contributed by atoms with Crippen LogP contribution in [0.4, 0.5) is 17.6 Å². The summed E-state index contributed by atoms with van der Waals surface area (Å²) in [6.07, 6.45) is -4.03. The van der Waals surface area contributed by atoms with E-state index in [1.807, 2.05) is 11.9 Å². The van der Waals surface area contributed by atoms with E-state index >= 15 is 0 Å². The highest BCUT2D eigenvalue weighted by Gasteiger charge is 2.36. The summed E-state index contributed by atoms with van der Waals surface area (Å²) >= 11 is 0. The first-order valence-corrected chi connectivity index (χ1v) is 10.9. The van der Waals surface area contributed by atoms with E-state index in [1.54, 1.807) is 25.3 Å². The lowest BCUT2D eigenvalue weighted by Gasteiger charge is -2.29. The molecule has 186 valence electrons. The van der Waals surface area contributed by atoms with Gasteiger partial charge in [0.1, 0.15) is 17.7 Å². The highest BCUT2D eigenvalue weighted by molar-refractivity contribution is 5.97. The van der Waals surface area contributed by atoms with Gasteiger partial charge in [0.25, 0.3) is 5.91 Å². The molecule has 1 atom stereocenters. The van der Waals surface area contributed by atoms with Gasteiger partial charge in [-0.25, -0.2) is 9.37 Å². The molecule has 1 aromatic heterocycles. The maximum Gasteiger partial charge on any atom is 0.416 e. The number of halogens is 4. The zero-order valence-corrected chi connectivity index (χ0v) is 19.8. The second kappa shape index (κ2) is 9.36. The number of hydrogen-bond donors (Lipinski definition) is 2. The van der Waals surface area contributed by atoms with Gasteiger partial charge in [-0.3, -0.25) is 9.59 Å². The number of imidazole rings is 1. The van der Waals surface area contributed by atoms with Crippen molar-refractivity contribution in [3.63, 3.8) is 0 Å². The first-order valence-electron chi connectivity index (χ1n) is 10.9. The van der Waals surface area contributed by atoms with Crippen molar-refractivity contribution < 1.29 is 27.2 Å². The molecule has 2 N–H and O–H groups in total. The van der Waals surface area contributed by atoms with Crippen molar-refractivity contribution in [1.29, 1.82) is 0 Å². The van der Waals surface area contributed by atoms with Crippen molar-refractivity contribution in [3.8, 4) is 11.4 Å². The molecule has 0 saturated heterocycles. The third-order valence-electron chi connectivity index (χ3n) is 5.81. The predicted molar refractivity (Wildman–Crippen MR) is 118 cm³/mol. The second-order valence-electron chi connectivity index (χ2n) is 9.55. The van der Waals surface area contributed by atoms with Crippen molar-refractivity contribution in [1.82, 2.24) is 25.1 Å². The molecule has 0 unspecified atom stereocenters. The van der Waals surface area contributed by atoms with Gasteiger partial charge in [0.15, 0.2) is 5.69 Å². The Kier molecular flexibility index (Phi) is 7.07. The number of nitrogens with zero attached hydrogens (tertiary/aromatic N) is 3. The Hall–Kier alpha value is -2.95. The molecule has 1 aromatic carbocycles. The van der Waals surface area contributed by atoms with Gasteiger partial charge < -0.3 is 20.1 Å². The Morgan fingerprint density at radius 3 is 2.41 bits per heavy atom. The van der Waals surface area contributed by atoms with Crippen molar-refractivity contribution in [2.45, 2.75) is 52.5 Å². The summed E-state index contributed by atoms with van der Waals surface area (Å²) in [7, 11) is 3.30. The van der Waals surface area contributed by atoms with Crippen LogP contribution in [-0.4, -0.2) is 52.9 Å². The van der Waals surface area contributed by atoms with E-state index in [-0.39, 0.29) is 23.6 Å². The van der Waals surface area contributed by atoms with E-state index in [9.17, 15) is 27.2 Å². The molecule has 7 nitrogen and oxygen atoms in total. The Bertz CT molecular complexity index is 1090. The van der Waals surface area contributed by atoms with E-state index in [0.29, 0.717) is 37.3 Å². The Labute approximate surface area is 195 Å². The van der Waals surface area contributed by atoms with Gasteiger partial charge >= 0.3 is 6.18 Å². The van der Waals surface area contributed by atoms with Gasteiger partial charge in [-0.1, -0.05) is 20.8 Å². The smallest absolute Gasteiger partial charge is 0.357 e. The molecule has 0 saturated carbocycles. The average Bonchev–Trinajstić information content (AvgIpc) is 2.96. The maximum atomic E-state index is 14.7. The normalized spacial score (nSPS) is 15.9. The minimum atomic E-state index is -4.66. The van der Waals surface area contributed by atoms with Crippen molar-refractivity contribution in [2.24, 2.45) is 5.41 Å². The lowest BCUT2D eigenvalue weighted by molar-refractivity contribution is -0.137. The summed E-state index contributed by atoms with van der Waals surface area (Å²) in [4.78, 5) is 32.0. The van der Waals surface area contributed by atoms with Crippen molar-refractivity contribution in [3.05, 3.63) is 41.0 Å². The number of carbonyl (C=O) groups excluding carboxylic acids is 2. The number of rotatable bonds is 4. The van der Waals surface area contributed by atoms with Crippen molar-refractivity contribution >= 4 is 11.8 Å². The molecule has 34 heavy (non-hydrogen) atoms. The third kappa shape index (κ3) is 5.24. The molecule has 0 fully saturated rings. The van der Waals surface area contributed by atoms with Gasteiger partial charge in [-0.2, -0.15) is 13.2 Å². The zero-order valence-electron chi connectivity index (χ0n) is 19.8. The van der Waals surface area contributed by atoms with Crippen LogP contribution in [0.1, 0.15) is 48.9 Å². The zero-order chi connectivity index (χ0) is 25.4. The number of aromatic nitrogens is 2. The van der Waals surface area contributed by atoms with Crippen LogP contribution in [0, 0.1) is 11.2 Å². The number of amides is 2. The highest BCUT2D eigenvalue weighted by atomic mass is 19.4. The molecule has 0 spiro atoms. The molecule has 0 bridgehead atoms. The Balaban J connectivity index is 2.14. The van der Waals surface area contributed by atoms with E-state index < -0.39 is 40.8 Å². The minimum absolute atomic E-state index is 0.0429. The average molecular weight is 484 g/mol. The maximum absolute atomic E-state index is 14.7. The van der Waals surface area contributed by atoms with Crippen LogP contribution < -0.4 is 10.6 Å². The molecular formula is C23H29F4N5O2. The van der Waals surface area contributed by atoms with Gasteiger partial charge in [0.05, 0.1) is 16.8 Å². The van der Waals surface area contributed by atoms with Crippen LogP contribution in [-0.2, 0) is 24.1 Å². The summed E-state index contributed by atoms with van der Waals surface area (Å²) in [6.45, 7) is 6.68. The van der Waals surface area contributed by atoms with Gasteiger partial charge in [0.2, 0.25) is 5.91 Å². The molecule has 2 aromatic rings. The molecule has 2 heterocycles. The lowest BCUT2D eigenvalue weighted by Crippen LogP contribution is -2.53. The fourth-order valence-electron chi connectivity index (χ4n) is 4.00. The van der Waals surface area contributed by atoms with Crippen LogP contribution in [0.5, 0.6) is 0 Å². The number of carbonyl (C=O) groups is 2. The number of fused-ring (bicyclic) bond motifs is 1. The molecule has 11 heteroatoms. The molecule has 1 aliphatic rings. The van der Waals surface area contributed by atoms with Crippen LogP contribution in [0.3, 0.4) is 0 Å². The summed E-state index contributed by atoms with van der Waals surface area (Å²) < 4.78 is 56.3. The quantitative estimate of drug-likeness (QED) is 0.654. The fourth-order valence-corrected chi connectivity index (χ4v) is 4.00. The van der Waals surface area contributed by atoms with Crippen LogP contribution in [0.15, 0.2) is 18.2 Å². The second-order valence-corrected chi connectivity index (χ2v) is 9.55. The Morgan fingerprint density at radius 1 is 1.15 bits per heavy atom. The topological polar surface area (TPSA) is 79.3 Å². The minimum Gasteiger partial charge on any atom is -0.357 e. The van der Waals surface area contributed by atoms with Crippen molar-refractivity contribution in [2.75, 3.05) is 20.6 Å². The molecule has 3 rings (SSSR count). The molecular weight excluding hydrogens is 454 g/mol. The molecule has 0 radical (unpaired) electrons.